The second-order valence-electron chi connectivity index (χ2n) is 5.00. The Kier molecular flexibility index (Phi) is 4.68. The number of nitrogens with one attached hydrogen (secondary N) is 1. The molecule has 2 rings (SSSR count). The van der Waals surface area contributed by atoms with Gasteiger partial charge in [0.2, 0.25) is 0 Å². The second kappa shape index (κ2) is 6.48. The Bertz CT molecular complexity index is 516. The third kappa shape index (κ3) is 3.41. The maximum atomic E-state index is 4.43. The molecule has 2 aromatic rings. The molecule has 0 aliphatic heterocycles. The van der Waals surface area contributed by atoms with Gasteiger partial charge in [0.15, 0.2) is 0 Å². The van der Waals surface area contributed by atoms with Crippen LogP contribution in [0.25, 0.3) is 5.69 Å². The van der Waals surface area contributed by atoms with Crippen LogP contribution in [0.5, 0.6) is 0 Å². The molecule has 0 aliphatic carbocycles. The fraction of sp³-hybridized carbons (Fsp3) is 0.467. The number of hydrogen-bond acceptors (Lipinski definition) is 3. The number of imidazole rings is 1. The van der Waals surface area contributed by atoms with Gasteiger partial charge < -0.3 is 9.88 Å². The maximum Gasteiger partial charge on any atom is 0.113 e. The van der Waals surface area contributed by atoms with E-state index in [-0.39, 0.29) is 0 Å². The summed E-state index contributed by atoms with van der Waals surface area (Å²) in [6, 6.07) is 2.54. The molecule has 1 N–H and O–H groups in total. The molecular weight excluding hydrogens is 236 g/mol. The minimum absolute atomic E-state index is 0.471. The fourth-order valence-electron chi connectivity index (χ4n) is 2.06. The molecule has 0 unspecified atom stereocenters. The van der Waals surface area contributed by atoms with Gasteiger partial charge in [0, 0.05) is 37.6 Å². The fourth-order valence-corrected chi connectivity index (χ4v) is 2.06. The van der Waals surface area contributed by atoms with Gasteiger partial charge in [0.25, 0.3) is 0 Å². The minimum atomic E-state index is 0.471. The smallest absolute Gasteiger partial charge is 0.113 e. The molecule has 4 nitrogen and oxygen atoms in total. The summed E-state index contributed by atoms with van der Waals surface area (Å²) in [7, 11) is 0. The van der Waals surface area contributed by atoms with Crippen LogP contribution in [0.2, 0.25) is 0 Å². The van der Waals surface area contributed by atoms with Crippen molar-refractivity contribution in [1.82, 2.24) is 19.9 Å². The van der Waals surface area contributed by atoms with E-state index in [4.69, 9.17) is 0 Å². The lowest BCUT2D eigenvalue weighted by atomic mass is 10.2. The number of hydrogen-bond donors (Lipinski definition) is 1. The van der Waals surface area contributed by atoms with Crippen molar-refractivity contribution in [3.05, 3.63) is 42.2 Å². The number of pyridine rings is 1. The Balaban J connectivity index is 2.30. The van der Waals surface area contributed by atoms with E-state index in [0.717, 1.165) is 30.9 Å². The van der Waals surface area contributed by atoms with Crippen LogP contribution in [0.1, 0.15) is 38.6 Å². The molecular formula is C15H22N4. The highest BCUT2D eigenvalue weighted by molar-refractivity contribution is 5.39. The van der Waals surface area contributed by atoms with Crippen LogP contribution in [-0.2, 0) is 13.0 Å². The largest absolute Gasteiger partial charge is 0.310 e. The van der Waals surface area contributed by atoms with Crippen LogP contribution in [0, 0.1) is 0 Å². The molecule has 102 valence electrons. The number of nitrogens with zero attached hydrogens (tertiary/aromatic N) is 3. The van der Waals surface area contributed by atoms with Gasteiger partial charge in [-0.05, 0) is 18.1 Å². The molecule has 19 heavy (non-hydrogen) atoms. The van der Waals surface area contributed by atoms with Crippen molar-refractivity contribution in [3.63, 3.8) is 0 Å². The molecule has 0 bridgehead atoms. The predicted molar refractivity (Wildman–Crippen MR) is 77.3 cm³/mol. The van der Waals surface area contributed by atoms with Crippen molar-refractivity contribution in [3.8, 4) is 5.69 Å². The summed E-state index contributed by atoms with van der Waals surface area (Å²) in [6.07, 6.45) is 9.71. The first-order valence-electron chi connectivity index (χ1n) is 6.91. The summed E-state index contributed by atoms with van der Waals surface area (Å²) < 4.78 is 2.15. The van der Waals surface area contributed by atoms with Crippen molar-refractivity contribution in [2.45, 2.75) is 46.2 Å². The Hall–Kier alpha value is -1.68. The Morgan fingerprint density at radius 2 is 2.16 bits per heavy atom. The summed E-state index contributed by atoms with van der Waals surface area (Å²) in [5.74, 6) is 1.10. The number of rotatable bonds is 6. The van der Waals surface area contributed by atoms with Gasteiger partial charge in [0.1, 0.15) is 5.82 Å². The standard InChI is InChI=1S/C15H22N4/c1-4-5-15-17-8-9-19(15)14-11-16-7-6-13(14)10-18-12(2)3/h6-9,11-12,18H,4-5,10H2,1-3H3. The average molecular weight is 258 g/mol. The van der Waals surface area contributed by atoms with Gasteiger partial charge in [-0.2, -0.15) is 0 Å². The molecule has 2 aromatic heterocycles. The molecule has 0 saturated heterocycles. The van der Waals surface area contributed by atoms with Crippen molar-refractivity contribution in [1.29, 1.82) is 0 Å². The van der Waals surface area contributed by atoms with Gasteiger partial charge in [-0.3, -0.25) is 4.98 Å². The van der Waals surface area contributed by atoms with Crippen LogP contribution in [0.15, 0.2) is 30.9 Å². The first-order chi connectivity index (χ1) is 9.22. The van der Waals surface area contributed by atoms with Gasteiger partial charge in [-0.15, -0.1) is 0 Å². The normalized spacial score (nSPS) is 11.2. The van der Waals surface area contributed by atoms with Crippen molar-refractivity contribution < 1.29 is 0 Å². The minimum Gasteiger partial charge on any atom is -0.310 e. The topological polar surface area (TPSA) is 42.7 Å². The van der Waals surface area contributed by atoms with Crippen LogP contribution in [0.3, 0.4) is 0 Å². The zero-order valence-electron chi connectivity index (χ0n) is 11.9. The lowest BCUT2D eigenvalue weighted by Crippen LogP contribution is -2.22. The highest BCUT2D eigenvalue weighted by Crippen LogP contribution is 2.16. The molecule has 0 spiro atoms. The zero-order chi connectivity index (χ0) is 13.7. The molecule has 2 heterocycles. The van der Waals surface area contributed by atoms with Crippen molar-refractivity contribution >= 4 is 0 Å². The molecule has 0 saturated carbocycles. The number of aromatic nitrogens is 3. The summed E-state index contributed by atoms with van der Waals surface area (Å²) in [5.41, 5.74) is 2.37. The molecule has 0 aromatic carbocycles. The van der Waals surface area contributed by atoms with Crippen LogP contribution < -0.4 is 5.32 Å². The van der Waals surface area contributed by atoms with Gasteiger partial charge in [-0.25, -0.2) is 4.98 Å². The van der Waals surface area contributed by atoms with E-state index in [9.17, 15) is 0 Å². The van der Waals surface area contributed by atoms with Gasteiger partial charge >= 0.3 is 0 Å². The van der Waals surface area contributed by atoms with Gasteiger partial charge in [-0.1, -0.05) is 20.8 Å². The third-order valence-electron chi connectivity index (χ3n) is 3.04. The van der Waals surface area contributed by atoms with Crippen molar-refractivity contribution in [2.24, 2.45) is 0 Å². The van der Waals surface area contributed by atoms with E-state index in [0.29, 0.717) is 6.04 Å². The molecule has 4 heteroatoms. The van der Waals surface area contributed by atoms with E-state index in [1.807, 2.05) is 24.8 Å². The van der Waals surface area contributed by atoms with Crippen molar-refractivity contribution in [2.75, 3.05) is 0 Å². The van der Waals surface area contributed by atoms with E-state index in [1.165, 1.54) is 5.56 Å². The maximum absolute atomic E-state index is 4.43. The number of aryl methyl sites for hydroxylation is 1. The molecule has 0 atom stereocenters. The van der Waals surface area contributed by atoms with E-state index < -0.39 is 0 Å². The predicted octanol–water partition coefficient (Wildman–Crippen LogP) is 2.72. The summed E-state index contributed by atoms with van der Waals surface area (Å²) >= 11 is 0. The Labute approximate surface area is 114 Å². The van der Waals surface area contributed by atoms with E-state index in [1.54, 1.807) is 0 Å². The molecule has 0 amide bonds. The van der Waals surface area contributed by atoms with E-state index >= 15 is 0 Å². The quantitative estimate of drug-likeness (QED) is 0.866. The van der Waals surface area contributed by atoms with E-state index in [2.05, 4.69) is 46.7 Å². The zero-order valence-corrected chi connectivity index (χ0v) is 11.9. The third-order valence-corrected chi connectivity index (χ3v) is 3.04. The summed E-state index contributed by atoms with van der Waals surface area (Å²) in [4.78, 5) is 8.69. The summed E-state index contributed by atoms with van der Waals surface area (Å²) in [6.45, 7) is 7.32. The monoisotopic (exact) mass is 258 g/mol. The van der Waals surface area contributed by atoms with Crippen LogP contribution >= 0.6 is 0 Å². The Morgan fingerprint density at radius 3 is 2.89 bits per heavy atom. The second-order valence-corrected chi connectivity index (χ2v) is 5.00. The lowest BCUT2D eigenvalue weighted by Gasteiger charge is -2.14. The van der Waals surface area contributed by atoms with Crippen LogP contribution in [0.4, 0.5) is 0 Å². The molecule has 0 radical (unpaired) electrons. The average Bonchev–Trinajstić information content (AvgIpc) is 2.85. The first kappa shape index (κ1) is 13.7. The molecule has 0 aliphatic rings. The lowest BCUT2D eigenvalue weighted by molar-refractivity contribution is 0.586. The highest BCUT2D eigenvalue weighted by atomic mass is 15.1. The summed E-state index contributed by atoms with van der Waals surface area (Å²) in [5, 5.41) is 3.45. The Morgan fingerprint density at radius 1 is 1.32 bits per heavy atom. The van der Waals surface area contributed by atoms with Gasteiger partial charge in [0.05, 0.1) is 11.9 Å². The molecule has 0 fully saturated rings. The highest BCUT2D eigenvalue weighted by Gasteiger charge is 2.09. The first-order valence-corrected chi connectivity index (χ1v) is 6.91. The SMILES string of the molecule is CCCc1nccn1-c1cnccc1CNC(C)C. The van der Waals surface area contributed by atoms with Crippen LogP contribution in [-0.4, -0.2) is 20.6 Å².